The van der Waals surface area contributed by atoms with Gasteiger partial charge in [-0.2, -0.15) is 13.2 Å². The molecule has 2 rings (SSSR count). The van der Waals surface area contributed by atoms with Crippen molar-refractivity contribution in [2.45, 2.75) is 37.8 Å². The lowest BCUT2D eigenvalue weighted by atomic mass is 9.96. The number of alkyl halides is 3. The molecular weight excluding hydrogens is 275 g/mol. The summed E-state index contributed by atoms with van der Waals surface area (Å²) < 4.78 is 36.4. The highest BCUT2D eigenvalue weighted by atomic mass is 19.4. The van der Waals surface area contributed by atoms with Crippen molar-refractivity contribution >= 4 is 6.09 Å². The zero-order chi connectivity index (χ0) is 14.8. The van der Waals surface area contributed by atoms with E-state index in [-0.39, 0.29) is 12.3 Å². The second-order valence-electron chi connectivity index (χ2n) is 4.95. The van der Waals surface area contributed by atoms with Crippen LogP contribution in [0, 0.1) is 0 Å². The van der Waals surface area contributed by atoms with Crippen LogP contribution < -0.4 is 0 Å². The van der Waals surface area contributed by atoms with E-state index in [4.69, 9.17) is 5.11 Å². The van der Waals surface area contributed by atoms with Gasteiger partial charge in [-0.25, -0.2) is 9.78 Å². The van der Waals surface area contributed by atoms with Crippen LogP contribution in [-0.4, -0.2) is 45.3 Å². The molecule has 0 unspecified atom stereocenters. The van der Waals surface area contributed by atoms with Crippen LogP contribution >= 0.6 is 0 Å². The SMILES string of the molecule is O=C(O)N1CCC(c2ncc(CCC(F)(F)F)[nH]2)CC1. The van der Waals surface area contributed by atoms with Gasteiger partial charge < -0.3 is 15.0 Å². The van der Waals surface area contributed by atoms with Gasteiger partial charge in [0.15, 0.2) is 0 Å². The molecule has 0 radical (unpaired) electrons. The molecule has 2 heterocycles. The smallest absolute Gasteiger partial charge is 0.407 e. The van der Waals surface area contributed by atoms with Gasteiger partial charge in [-0.1, -0.05) is 0 Å². The fraction of sp³-hybridized carbons (Fsp3) is 0.667. The summed E-state index contributed by atoms with van der Waals surface area (Å²) in [7, 11) is 0. The lowest BCUT2D eigenvalue weighted by Crippen LogP contribution is -2.37. The Labute approximate surface area is 113 Å². The molecule has 0 atom stereocenters. The first-order valence-electron chi connectivity index (χ1n) is 6.43. The third kappa shape index (κ3) is 3.88. The third-order valence-electron chi connectivity index (χ3n) is 3.48. The first kappa shape index (κ1) is 14.7. The molecule has 2 N–H and O–H groups in total. The van der Waals surface area contributed by atoms with E-state index in [1.807, 2.05) is 0 Å². The number of amides is 1. The number of halogens is 3. The van der Waals surface area contributed by atoms with Gasteiger partial charge in [-0.3, -0.25) is 0 Å². The monoisotopic (exact) mass is 291 g/mol. The number of aromatic amines is 1. The molecule has 0 aliphatic carbocycles. The van der Waals surface area contributed by atoms with E-state index in [1.165, 1.54) is 11.1 Å². The van der Waals surface area contributed by atoms with E-state index in [2.05, 4.69) is 9.97 Å². The number of hydrogen-bond acceptors (Lipinski definition) is 2. The van der Waals surface area contributed by atoms with E-state index in [1.54, 1.807) is 0 Å². The van der Waals surface area contributed by atoms with Crippen molar-refractivity contribution < 1.29 is 23.1 Å². The molecule has 0 aromatic carbocycles. The Morgan fingerprint density at radius 2 is 2.10 bits per heavy atom. The second-order valence-corrected chi connectivity index (χ2v) is 4.95. The zero-order valence-corrected chi connectivity index (χ0v) is 10.8. The Balaban J connectivity index is 1.88. The predicted molar refractivity (Wildman–Crippen MR) is 64.5 cm³/mol. The van der Waals surface area contributed by atoms with Gasteiger partial charge in [0.1, 0.15) is 5.82 Å². The maximum atomic E-state index is 12.1. The molecule has 1 aliphatic heterocycles. The minimum Gasteiger partial charge on any atom is -0.465 e. The van der Waals surface area contributed by atoms with Gasteiger partial charge in [0.2, 0.25) is 0 Å². The number of piperidine rings is 1. The van der Waals surface area contributed by atoms with Gasteiger partial charge in [0.05, 0.1) is 0 Å². The van der Waals surface area contributed by atoms with Crippen molar-refractivity contribution in [3.05, 3.63) is 17.7 Å². The van der Waals surface area contributed by atoms with Gasteiger partial charge in [0, 0.05) is 37.3 Å². The fourth-order valence-electron chi connectivity index (χ4n) is 2.33. The molecule has 0 spiro atoms. The van der Waals surface area contributed by atoms with Crippen molar-refractivity contribution in [2.24, 2.45) is 0 Å². The topological polar surface area (TPSA) is 69.2 Å². The predicted octanol–water partition coefficient (Wildman–Crippen LogP) is 2.76. The normalized spacial score (nSPS) is 17.4. The summed E-state index contributed by atoms with van der Waals surface area (Å²) in [4.78, 5) is 19.2. The standard InChI is InChI=1S/C12H16F3N3O2/c13-12(14,15)4-1-9-7-16-10(17-9)8-2-5-18(6-3-8)11(19)20/h7-8H,1-6H2,(H,16,17)(H,19,20). The van der Waals surface area contributed by atoms with Crippen LogP contribution in [-0.2, 0) is 6.42 Å². The number of carboxylic acid groups (broad SMARTS) is 1. The van der Waals surface area contributed by atoms with Crippen LogP contribution in [0.5, 0.6) is 0 Å². The first-order valence-corrected chi connectivity index (χ1v) is 6.43. The maximum Gasteiger partial charge on any atom is 0.407 e. The summed E-state index contributed by atoms with van der Waals surface area (Å²) in [5.74, 6) is 0.748. The molecule has 112 valence electrons. The number of hydrogen-bond donors (Lipinski definition) is 2. The number of nitrogens with zero attached hydrogens (tertiary/aromatic N) is 2. The molecule has 1 saturated heterocycles. The molecule has 1 amide bonds. The summed E-state index contributed by atoms with van der Waals surface area (Å²) in [6, 6.07) is 0. The molecule has 0 saturated carbocycles. The average Bonchev–Trinajstić information content (AvgIpc) is 2.84. The fourth-order valence-corrected chi connectivity index (χ4v) is 2.33. The first-order chi connectivity index (χ1) is 9.35. The van der Waals surface area contributed by atoms with E-state index in [0.717, 1.165) is 0 Å². The van der Waals surface area contributed by atoms with Crippen molar-refractivity contribution in [3.8, 4) is 0 Å². The number of carbonyl (C=O) groups is 1. The number of aryl methyl sites for hydroxylation is 1. The molecule has 5 nitrogen and oxygen atoms in total. The Morgan fingerprint density at radius 1 is 1.45 bits per heavy atom. The summed E-state index contributed by atoms with van der Waals surface area (Å²) in [5.41, 5.74) is 0.470. The molecule has 20 heavy (non-hydrogen) atoms. The second kappa shape index (κ2) is 5.72. The summed E-state index contributed by atoms with van der Waals surface area (Å²) in [5, 5.41) is 8.84. The Hall–Kier alpha value is -1.73. The van der Waals surface area contributed by atoms with Crippen molar-refractivity contribution in [1.29, 1.82) is 0 Å². The summed E-state index contributed by atoms with van der Waals surface area (Å²) in [6.45, 7) is 0.858. The lowest BCUT2D eigenvalue weighted by molar-refractivity contribution is -0.134. The molecule has 0 bridgehead atoms. The van der Waals surface area contributed by atoms with Gasteiger partial charge in [0.25, 0.3) is 0 Å². The molecule has 1 aromatic heterocycles. The highest BCUT2D eigenvalue weighted by Gasteiger charge is 2.28. The minimum absolute atomic E-state index is 0.0882. The molecule has 1 aliphatic rings. The number of imidazole rings is 1. The van der Waals surface area contributed by atoms with E-state index in [9.17, 15) is 18.0 Å². The Bertz CT molecular complexity index is 465. The number of H-pyrrole nitrogens is 1. The van der Waals surface area contributed by atoms with Crippen LogP contribution in [0.25, 0.3) is 0 Å². The van der Waals surface area contributed by atoms with Crippen LogP contribution in [0.3, 0.4) is 0 Å². The Kier molecular flexibility index (Phi) is 4.20. The van der Waals surface area contributed by atoms with Gasteiger partial charge in [-0.15, -0.1) is 0 Å². The van der Waals surface area contributed by atoms with Crippen LogP contribution in [0.1, 0.15) is 36.7 Å². The Morgan fingerprint density at radius 3 is 2.65 bits per heavy atom. The van der Waals surface area contributed by atoms with Crippen LogP contribution in [0.15, 0.2) is 6.20 Å². The van der Waals surface area contributed by atoms with Gasteiger partial charge in [-0.05, 0) is 19.3 Å². The van der Waals surface area contributed by atoms with Crippen molar-refractivity contribution in [1.82, 2.24) is 14.9 Å². The van der Waals surface area contributed by atoms with E-state index < -0.39 is 18.7 Å². The minimum atomic E-state index is -4.17. The van der Waals surface area contributed by atoms with E-state index >= 15 is 0 Å². The maximum absolute atomic E-state index is 12.1. The number of nitrogens with one attached hydrogen (secondary N) is 1. The van der Waals surface area contributed by atoms with E-state index in [0.29, 0.717) is 37.4 Å². The molecular formula is C12H16F3N3O2. The van der Waals surface area contributed by atoms with Crippen molar-refractivity contribution in [2.75, 3.05) is 13.1 Å². The lowest BCUT2D eigenvalue weighted by Gasteiger charge is -2.28. The van der Waals surface area contributed by atoms with Crippen molar-refractivity contribution in [3.63, 3.8) is 0 Å². The summed E-state index contributed by atoms with van der Waals surface area (Å²) in [6.07, 6.45) is -3.37. The van der Waals surface area contributed by atoms with Crippen LogP contribution in [0.2, 0.25) is 0 Å². The molecule has 8 heteroatoms. The molecule has 1 aromatic rings. The van der Waals surface area contributed by atoms with Crippen LogP contribution in [0.4, 0.5) is 18.0 Å². The molecule has 1 fully saturated rings. The van der Waals surface area contributed by atoms with Gasteiger partial charge >= 0.3 is 12.3 Å². The highest BCUT2D eigenvalue weighted by Crippen LogP contribution is 2.27. The number of rotatable bonds is 3. The average molecular weight is 291 g/mol. The quantitative estimate of drug-likeness (QED) is 0.899. The largest absolute Gasteiger partial charge is 0.465 e. The number of aromatic nitrogens is 2. The summed E-state index contributed by atoms with van der Waals surface area (Å²) >= 11 is 0. The zero-order valence-electron chi connectivity index (χ0n) is 10.8. The third-order valence-corrected chi connectivity index (χ3v) is 3.48. The number of likely N-dealkylation sites (tertiary alicyclic amines) is 1. The highest BCUT2D eigenvalue weighted by molar-refractivity contribution is 5.65.